The van der Waals surface area contributed by atoms with Crippen molar-refractivity contribution in [2.45, 2.75) is 26.8 Å². The Kier molecular flexibility index (Phi) is 5.03. The van der Waals surface area contributed by atoms with Crippen LogP contribution in [0.25, 0.3) is 10.9 Å². The van der Waals surface area contributed by atoms with Crippen LogP contribution in [0.5, 0.6) is 5.75 Å². The largest absolute Gasteiger partial charge is 0.497 e. The highest BCUT2D eigenvalue weighted by molar-refractivity contribution is 5.90. The summed E-state index contributed by atoms with van der Waals surface area (Å²) < 4.78 is 12.7. The summed E-state index contributed by atoms with van der Waals surface area (Å²) in [4.78, 5) is 16.2. The molecule has 0 N–H and O–H groups in total. The second kappa shape index (κ2) is 7.38. The van der Waals surface area contributed by atoms with Crippen LogP contribution in [0, 0.1) is 6.92 Å². The van der Waals surface area contributed by atoms with Crippen molar-refractivity contribution in [1.82, 2.24) is 9.55 Å². The molecule has 0 aliphatic heterocycles. The lowest BCUT2D eigenvalue weighted by atomic mass is 10.1. The van der Waals surface area contributed by atoms with Crippen molar-refractivity contribution < 1.29 is 14.3 Å². The van der Waals surface area contributed by atoms with Gasteiger partial charge in [-0.2, -0.15) is 0 Å². The van der Waals surface area contributed by atoms with E-state index in [1.165, 1.54) is 0 Å². The maximum absolute atomic E-state index is 12.1. The van der Waals surface area contributed by atoms with Gasteiger partial charge in [-0.15, -0.1) is 0 Å². The smallest absolute Gasteiger partial charge is 0.310 e. The molecule has 3 aromatic rings. The van der Waals surface area contributed by atoms with Gasteiger partial charge in [0.1, 0.15) is 5.75 Å². The molecule has 0 bridgehead atoms. The van der Waals surface area contributed by atoms with Gasteiger partial charge in [-0.1, -0.05) is 6.07 Å². The summed E-state index contributed by atoms with van der Waals surface area (Å²) in [6.45, 7) is 4.94. The van der Waals surface area contributed by atoms with E-state index in [0.717, 1.165) is 33.5 Å². The lowest BCUT2D eigenvalue weighted by molar-refractivity contribution is -0.142. The highest BCUT2D eigenvalue weighted by atomic mass is 16.5. The SMILES string of the molecule is CCOC(=O)Cc1c(C)n(Cc2cccnc2)c2ccc(OC)cc12. The van der Waals surface area contributed by atoms with Gasteiger partial charge in [-0.25, -0.2) is 0 Å². The van der Waals surface area contributed by atoms with E-state index in [1.54, 1.807) is 13.3 Å². The number of hydrogen-bond acceptors (Lipinski definition) is 4. The maximum Gasteiger partial charge on any atom is 0.310 e. The molecular formula is C20H22N2O3. The van der Waals surface area contributed by atoms with Gasteiger partial charge in [0.2, 0.25) is 0 Å². The second-order valence-corrected chi connectivity index (χ2v) is 5.88. The first kappa shape index (κ1) is 17.0. The second-order valence-electron chi connectivity index (χ2n) is 5.88. The molecule has 0 amide bonds. The molecule has 0 atom stereocenters. The number of carbonyl (C=O) groups excluding carboxylic acids is 1. The first-order valence-corrected chi connectivity index (χ1v) is 8.34. The fourth-order valence-electron chi connectivity index (χ4n) is 3.12. The molecule has 0 radical (unpaired) electrons. The first-order chi connectivity index (χ1) is 12.1. The average Bonchev–Trinajstić information content (AvgIpc) is 2.88. The number of methoxy groups -OCH3 is 1. The summed E-state index contributed by atoms with van der Waals surface area (Å²) >= 11 is 0. The van der Waals surface area contributed by atoms with E-state index in [1.807, 2.05) is 50.4 Å². The molecule has 25 heavy (non-hydrogen) atoms. The summed E-state index contributed by atoms with van der Waals surface area (Å²) in [5.41, 5.74) is 4.22. The van der Waals surface area contributed by atoms with E-state index in [9.17, 15) is 4.79 Å². The number of pyridine rings is 1. The number of aromatic nitrogens is 2. The third-order valence-electron chi connectivity index (χ3n) is 4.35. The van der Waals surface area contributed by atoms with E-state index in [0.29, 0.717) is 13.2 Å². The third kappa shape index (κ3) is 3.50. The van der Waals surface area contributed by atoms with Crippen molar-refractivity contribution in [3.8, 4) is 5.75 Å². The van der Waals surface area contributed by atoms with Crippen LogP contribution >= 0.6 is 0 Å². The highest BCUT2D eigenvalue weighted by Gasteiger charge is 2.18. The van der Waals surface area contributed by atoms with Crippen molar-refractivity contribution in [3.63, 3.8) is 0 Å². The van der Waals surface area contributed by atoms with Gasteiger partial charge >= 0.3 is 5.97 Å². The summed E-state index contributed by atoms with van der Waals surface area (Å²) in [5, 5.41) is 1.02. The number of esters is 1. The van der Waals surface area contributed by atoms with Crippen LogP contribution < -0.4 is 4.74 Å². The van der Waals surface area contributed by atoms with Crippen molar-refractivity contribution in [3.05, 3.63) is 59.5 Å². The van der Waals surface area contributed by atoms with Crippen molar-refractivity contribution in [2.24, 2.45) is 0 Å². The molecule has 0 unspecified atom stereocenters. The Hall–Kier alpha value is -2.82. The monoisotopic (exact) mass is 338 g/mol. The standard InChI is InChI=1S/C20H22N2O3/c1-4-25-20(23)11-17-14(2)22(13-15-6-5-9-21-12-15)19-8-7-16(24-3)10-18(17)19/h5-10,12H,4,11,13H2,1-3H3. The zero-order chi connectivity index (χ0) is 17.8. The summed E-state index contributed by atoms with van der Waals surface area (Å²) in [6, 6.07) is 9.93. The van der Waals surface area contributed by atoms with Crippen molar-refractivity contribution in [1.29, 1.82) is 0 Å². The number of benzene rings is 1. The molecule has 0 fully saturated rings. The van der Waals surface area contributed by atoms with E-state index in [-0.39, 0.29) is 12.4 Å². The molecule has 0 saturated carbocycles. The fourth-order valence-corrected chi connectivity index (χ4v) is 3.12. The topological polar surface area (TPSA) is 53.4 Å². The molecule has 5 heteroatoms. The molecular weight excluding hydrogens is 316 g/mol. The Balaban J connectivity index is 2.10. The van der Waals surface area contributed by atoms with Crippen LogP contribution in [0.4, 0.5) is 0 Å². The van der Waals surface area contributed by atoms with Crippen LogP contribution in [0.2, 0.25) is 0 Å². The molecule has 2 aromatic heterocycles. The van der Waals surface area contributed by atoms with E-state index in [2.05, 4.69) is 9.55 Å². The van der Waals surface area contributed by atoms with Crippen LogP contribution in [0.15, 0.2) is 42.7 Å². The Morgan fingerprint density at radius 3 is 2.80 bits per heavy atom. The van der Waals surface area contributed by atoms with Gasteiger partial charge in [0.15, 0.2) is 0 Å². The van der Waals surface area contributed by atoms with Crippen LogP contribution in [-0.4, -0.2) is 29.2 Å². The van der Waals surface area contributed by atoms with Crippen molar-refractivity contribution >= 4 is 16.9 Å². The molecule has 5 nitrogen and oxygen atoms in total. The lowest BCUT2D eigenvalue weighted by Crippen LogP contribution is -2.09. The molecule has 0 aliphatic rings. The van der Waals surface area contributed by atoms with Crippen molar-refractivity contribution in [2.75, 3.05) is 13.7 Å². The molecule has 3 rings (SSSR count). The van der Waals surface area contributed by atoms with Gasteiger partial charge in [0.25, 0.3) is 0 Å². The summed E-state index contributed by atoms with van der Waals surface area (Å²) in [5.74, 6) is 0.560. The Morgan fingerprint density at radius 2 is 2.12 bits per heavy atom. The van der Waals surface area contributed by atoms with E-state index >= 15 is 0 Å². The molecule has 130 valence electrons. The van der Waals surface area contributed by atoms with Crippen LogP contribution in [0.3, 0.4) is 0 Å². The van der Waals surface area contributed by atoms with E-state index < -0.39 is 0 Å². The Bertz CT molecular complexity index is 885. The summed E-state index contributed by atoms with van der Waals surface area (Å²) in [7, 11) is 1.64. The fraction of sp³-hybridized carbons (Fsp3) is 0.300. The average molecular weight is 338 g/mol. The Morgan fingerprint density at radius 1 is 1.28 bits per heavy atom. The molecule has 0 aliphatic carbocycles. The van der Waals surface area contributed by atoms with Crippen LogP contribution in [-0.2, 0) is 22.5 Å². The normalized spacial score (nSPS) is 10.8. The predicted octanol–water partition coefficient (Wildman–Crippen LogP) is 3.51. The van der Waals surface area contributed by atoms with Gasteiger partial charge in [-0.05, 0) is 49.2 Å². The number of ether oxygens (including phenoxy) is 2. The predicted molar refractivity (Wildman–Crippen MR) is 96.9 cm³/mol. The lowest BCUT2D eigenvalue weighted by Gasteiger charge is -2.09. The van der Waals surface area contributed by atoms with Gasteiger partial charge in [-0.3, -0.25) is 9.78 Å². The summed E-state index contributed by atoms with van der Waals surface area (Å²) in [6.07, 6.45) is 3.88. The third-order valence-corrected chi connectivity index (χ3v) is 4.35. The highest BCUT2D eigenvalue weighted by Crippen LogP contribution is 2.30. The molecule has 0 saturated heterocycles. The number of nitrogens with zero attached hydrogens (tertiary/aromatic N) is 2. The molecule has 1 aromatic carbocycles. The Labute approximate surface area is 147 Å². The zero-order valence-electron chi connectivity index (χ0n) is 14.8. The first-order valence-electron chi connectivity index (χ1n) is 8.34. The van der Waals surface area contributed by atoms with E-state index in [4.69, 9.17) is 9.47 Å². The van der Waals surface area contributed by atoms with Gasteiger partial charge in [0, 0.05) is 35.5 Å². The maximum atomic E-state index is 12.1. The number of fused-ring (bicyclic) bond motifs is 1. The molecule has 2 heterocycles. The number of rotatable bonds is 6. The van der Waals surface area contributed by atoms with Gasteiger partial charge in [0.05, 0.1) is 20.1 Å². The number of hydrogen-bond donors (Lipinski definition) is 0. The van der Waals surface area contributed by atoms with Gasteiger partial charge < -0.3 is 14.0 Å². The quantitative estimate of drug-likeness (QED) is 0.646. The zero-order valence-corrected chi connectivity index (χ0v) is 14.8. The minimum Gasteiger partial charge on any atom is -0.497 e. The minimum atomic E-state index is -0.214. The minimum absolute atomic E-state index is 0.214. The number of carbonyl (C=O) groups is 1. The molecule has 0 spiro atoms. The van der Waals surface area contributed by atoms with Crippen LogP contribution in [0.1, 0.15) is 23.7 Å².